The summed E-state index contributed by atoms with van der Waals surface area (Å²) in [6, 6.07) is 0.756. The van der Waals surface area contributed by atoms with E-state index in [1.807, 2.05) is 20.8 Å². The minimum atomic E-state index is -0.435. The maximum atomic E-state index is 12.1. The average Bonchev–Trinajstić information content (AvgIpc) is 3.05. The lowest BCUT2D eigenvalue weighted by atomic mass is 10.1. The van der Waals surface area contributed by atoms with Gasteiger partial charge in [-0.1, -0.05) is 0 Å². The van der Waals surface area contributed by atoms with Crippen molar-refractivity contribution in [2.75, 3.05) is 19.7 Å². The number of hydrogen-bond donors (Lipinski definition) is 1. The van der Waals surface area contributed by atoms with E-state index in [1.165, 1.54) is 12.8 Å². The molecular formula is C14H24N2O3. The van der Waals surface area contributed by atoms with E-state index in [-0.39, 0.29) is 18.2 Å². The van der Waals surface area contributed by atoms with Crippen molar-refractivity contribution in [2.24, 2.45) is 5.92 Å². The van der Waals surface area contributed by atoms with E-state index in [2.05, 4.69) is 5.32 Å². The first-order valence-corrected chi connectivity index (χ1v) is 7.28. The second kappa shape index (κ2) is 4.63. The van der Waals surface area contributed by atoms with Crippen LogP contribution in [0.3, 0.4) is 0 Å². The van der Waals surface area contributed by atoms with Crippen LogP contribution < -0.4 is 5.32 Å². The Bertz CT molecular complexity index is 362. The molecule has 3 atom stereocenters. The van der Waals surface area contributed by atoms with Crippen LogP contribution in [-0.2, 0) is 9.47 Å². The van der Waals surface area contributed by atoms with E-state index >= 15 is 0 Å². The van der Waals surface area contributed by atoms with Gasteiger partial charge in [-0.05, 0) is 39.5 Å². The summed E-state index contributed by atoms with van der Waals surface area (Å²) in [5, 5.41) is 3.65. The normalized spacial score (nSPS) is 35.1. The smallest absolute Gasteiger partial charge is 0.410 e. The molecule has 108 valence electrons. The summed E-state index contributed by atoms with van der Waals surface area (Å²) in [6.45, 7) is 7.81. The Labute approximate surface area is 114 Å². The number of rotatable bonds is 1. The first kappa shape index (κ1) is 13.2. The molecular weight excluding hydrogens is 244 g/mol. The molecule has 5 nitrogen and oxygen atoms in total. The van der Waals surface area contributed by atoms with Crippen LogP contribution in [-0.4, -0.2) is 54.5 Å². The first-order chi connectivity index (χ1) is 8.92. The van der Waals surface area contributed by atoms with Gasteiger partial charge in [0.25, 0.3) is 0 Å². The van der Waals surface area contributed by atoms with Crippen LogP contribution in [0.2, 0.25) is 0 Å². The van der Waals surface area contributed by atoms with E-state index in [9.17, 15) is 4.79 Å². The van der Waals surface area contributed by atoms with Gasteiger partial charge in [-0.2, -0.15) is 0 Å². The molecule has 1 amide bonds. The summed E-state index contributed by atoms with van der Waals surface area (Å²) in [4.78, 5) is 13.8. The zero-order valence-electron chi connectivity index (χ0n) is 12.0. The third kappa shape index (κ3) is 3.03. The molecule has 1 saturated carbocycles. The summed E-state index contributed by atoms with van der Waals surface area (Å²) >= 11 is 0. The first-order valence-electron chi connectivity index (χ1n) is 7.28. The average molecular weight is 268 g/mol. The Morgan fingerprint density at radius 3 is 2.63 bits per heavy atom. The molecule has 5 heteroatoms. The lowest BCUT2D eigenvalue weighted by molar-refractivity contribution is -0.0132. The summed E-state index contributed by atoms with van der Waals surface area (Å²) in [5.74, 6) is 0.788. The molecule has 1 N–H and O–H groups in total. The highest BCUT2D eigenvalue weighted by Crippen LogP contribution is 2.35. The predicted molar refractivity (Wildman–Crippen MR) is 71.0 cm³/mol. The SMILES string of the molecule is CC(C)(C)OC(=O)N1C[C@@H]2N[C@H](C3CC3)CO[C@H]2C1. The van der Waals surface area contributed by atoms with Gasteiger partial charge < -0.3 is 19.7 Å². The van der Waals surface area contributed by atoms with Crippen LogP contribution in [0.25, 0.3) is 0 Å². The quantitative estimate of drug-likeness (QED) is 0.780. The third-order valence-electron chi connectivity index (χ3n) is 4.03. The third-order valence-corrected chi connectivity index (χ3v) is 4.03. The fraction of sp³-hybridized carbons (Fsp3) is 0.929. The highest BCUT2D eigenvalue weighted by molar-refractivity contribution is 5.68. The molecule has 0 bridgehead atoms. The molecule has 0 radical (unpaired) electrons. The number of hydrogen-bond acceptors (Lipinski definition) is 4. The topological polar surface area (TPSA) is 50.8 Å². The van der Waals surface area contributed by atoms with Crippen molar-refractivity contribution in [2.45, 2.75) is 57.4 Å². The molecule has 3 aliphatic rings. The molecule has 0 spiro atoms. The van der Waals surface area contributed by atoms with Crippen molar-refractivity contribution in [3.05, 3.63) is 0 Å². The maximum Gasteiger partial charge on any atom is 0.410 e. The number of likely N-dealkylation sites (tertiary alicyclic amines) is 1. The number of carbonyl (C=O) groups excluding carboxylic acids is 1. The van der Waals surface area contributed by atoms with Gasteiger partial charge in [0.2, 0.25) is 0 Å². The zero-order chi connectivity index (χ0) is 13.6. The Kier molecular flexibility index (Phi) is 3.21. The molecule has 0 aromatic rings. The van der Waals surface area contributed by atoms with Crippen molar-refractivity contribution in [1.82, 2.24) is 10.2 Å². The number of morpholine rings is 1. The van der Waals surface area contributed by atoms with E-state index in [4.69, 9.17) is 9.47 Å². The minimum absolute atomic E-state index is 0.127. The minimum Gasteiger partial charge on any atom is -0.444 e. The van der Waals surface area contributed by atoms with Crippen LogP contribution in [0.15, 0.2) is 0 Å². The number of ether oxygens (including phenoxy) is 2. The van der Waals surface area contributed by atoms with E-state index in [1.54, 1.807) is 4.90 Å². The van der Waals surface area contributed by atoms with Gasteiger partial charge in [0.1, 0.15) is 5.60 Å². The van der Waals surface area contributed by atoms with Gasteiger partial charge in [0.15, 0.2) is 0 Å². The summed E-state index contributed by atoms with van der Waals surface area (Å²) < 4.78 is 11.3. The van der Waals surface area contributed by atoms with Crippen molar-refractivity contribution in [1.29, 1.82) is 0 Å². The molecule has 0 aromatic carbocycles. The van der Waals surface area contributed by atoms with Crippen molar-refractivity contribution >= 4 is 6.09 Å². The van der Waals surface area contributed by atoms with Crippen molar-refractivity contribution < 1.29 is 14.3 Å². The Morgan fingerprint density at radius 2 is 2.00 bits per heavy atom. The van der Waals surface area contributed by atoms with Gasteiger partial charge in [-0.3, -0.25) is 0 Å². The van der Waals surface area contributed by atoms with Crippen LogP contribution in [0.4, 0.5) is 4.79 Å². The number of nitrogens with one attached hydrogen (secondary N) is 1. The second-order valence-corrected chi connectivity index (χ2v) is 6.97. The molecule has 3 fully saturated rings. The molecule has 3 rings (SSSR count). The molecule has 19 heavy (non-hydrogen) atoms. The Morgan fingerprint density at radius 1 is 1.26 bits per heavy atom. The largest absolute Gasteiger partial charge is 0.444 e. The van der Waals surface area contributed by atoms with E-state index < -0.39 is 5.60 Å². The lowest BCUT2D eigenvalue weighted by Gasteiger charge is -2.32. The van der Waals surface area contributed by atoms with Gasteiger partial charge in [-0.25, -0.2) is 4.79 Å². The fourth-order valence-corrected chi connectivity index (χ4v) is 2.90. The van der Waals surface area contributed by atoms with Gasteiger partial charge in [-0.15, -0.1) is 0 Å². The maximum absolute atomic E-state index is 12.1. The Hall–Kier alpha value is -0.810. The monoisotopic (exact) mass is 268 g/mol. The number of nitrogens with zero attached hydrogens (tertiary/aromatic N) is 1. The summed E-state index contributed by atoms with van der Waals surface area (Å²) in [7, 11) is 0. The lowest BCUT2D eigenvalue weighted by Crippen LogP contribution is -2.54. The summed E-state index contributed by atoms with van der Waals surface area (Å²) in [5.41, 5.74) is -0.435. The number of fused-ring (bicyclic) bond motifs is 1. The number of carbonyl (C=O) groups is 1. The van der Waals surface area contributed by atoms with E-state index in [0.717, 1.165) is 12.5 Å². The van der Waals surface area contributed by atoms with Crippen LogP contribution in [0, 0.1) is 5.92 Å². The van der Waals surface area contributed by atoms with Crippen molar-refractivity contribution in [3.63, 3.8) is 0 Å². The standard InChI is InChI=1S/C14H24N2O3/c1-14(2,3)19-13(17)16-6-10-12(7-16)18-8-11(15-10)9-4-5-9/h9-12,15H,4-8H2,1-3H3/t10-,11-,12-/m0/s1. The second-order valence-electron chi connectivity index (χ2n) is 6.97. The molecule has 0 aromatic heterocycles. The van der Waals surface area contributed by atoms with Crippen LogP contribution in [0.1, 0.15) is 33.6 Å². The van der Waals surface area contributed by atoms with Crippen molar-refractivity contribution in [3.8, 4) is 0 Å². The van der Waals surface area contributed by atoms with Crippen LogP contribution in [0.5, 0.6) is 0 Å². The molecule has 2 heterocycles. The zero-order valence-corrected chi connectivity index (χ0v) is 12.0. The molecule has 2 aliphatic heterocycles. The van der Waals surface area contributed by atoms with E-state index in [0.29, 0.717) is 19.1 Å². The highest BCUT2D eigenvalue weighted by atomic mass is 16.6. The number of amides is 1. The van der Waals surface area contributed by atoms with Gasteiger partial charge >= 0.3 is 6.09 Å². The van der Waals surface area contributed by atoms with Gasteiger partial charge in [0.05, 0.1) is 25.3 Å². The highest BCUT2D eigenvalue weighted by Gasteiger charge is 2.44. The van der Waals surface area contributed by atoms with Crippen LogP contribution >= 0.6 is 0 Å². The van der Waals surface area contributed by atoms with Gasteiger partial charge in [0, 0.05) is 12.6 Å². The molecule has 1 aliphatic carbocycles. The molecule has 2 saturated heterocycles. The Balaban J connectivity index is 1.55. The molecule has 0 unspecified atom stereocenters. The fourth-order valence-electron chi connectivity index (χ4n) is 2.90. The predicted octanol–water partition coefficient (Wildman–Crippen LogP) is 1.37. The summed E-state index contributed by atoms with van der Waals surface area (Å²) in [6.07, 6.45) is 2.53.